The molecule has 0 bridgehead atoms. The lowest BCUT2D eigenvalue weighted by Crippen LogP contribution is -2.27. The minimum atomic E-state index is 0.275. The largest absolute Gasteiger partial charge is 0.376 e. The monoisotopic (exact) mass is 265 g/mol. The molecule has 0 amide bonds. The van der Waals surface area contributed by atoms with Gasteiger partial charge in [-0.25, -0.2) is 0 Å². The Morgan fingerprint density at radius 2 is 2.11 bits per heavy atom. The van der Waals surface area contributed by atoms with Crippen molar-refractivity contribution in [1.29, 1.82) is 0 Å². The average molecular weight is 265 g/mol. The molecule has 0 radical (unpaired) electrons. The van der Waals surface area contributed by atoms with Crippen LogP contribution in [0.1, 0.15) is 32.6 Å². The Hall–Kier alpha value is -1.56. The van der Waals surface area contributed by atoms with Gasteiger partial charge in [0.15, 0.2) is 0 Å². The first-order chi connectivity index (χ1) is 9.28. The number of ether oxygens (including phenoxy) is 1. The molecule has 1 fully saturated rings. The van der Waals surface area contributed by atoms with Crippen LogP contribution in [0.2, 0.25) is 0 Å². The summed E-state index contributed by atoms with van der Waals surface area (Å²) in [6.07, 6.45) is 4.83. The Bertz CT molecular complexity index is 393. The summed E-state index contributed by atoms with van der Waals surface area (Å²) in [5.41, 5.74) is 5.71. The van der Waals surface area contributed by atoms with E-state index < -0.39 is 0 Å². The summed E-state index contributed by atoms with van der Waals surface area (Å²) < 4.78 is 5.67. The second-order valence-corrected chi connectivity index (χ2v) is 4.79. The van der Waals surface area contributed by atoms with Gasteiger partial charge in [0, 0.05) is 25.8 Å². The highest BCUT2D eigenvalue weighted by molar-refractivity contribution is 5.51. The molecular weight excluding hydrogens is 242 g/mol. The van der Waals surface area contributed by atoms with Crippen LogP contribution in [0.5, 0.6) is 0 Å². The van der Waals surface area contributed by atoms with Crippen LogP contribution >= 0.6 is 0 Å². The summed E-state index contributed by atoms with van der Waals surface area (Å²) in [6, 6.07) is 1.88. The molecule has 0 aromatic carbocycles. The van der Waals surface area contributed by atoms with Gasteiger partial charge in [0.05, 0.1) is 6.10 Å². The van der Waals surface area contributed by atoms with Crippen molar-refractivity contribution in [1.82, 2.24) is 9.97 Å². The molecule has 6 heteroatoms. The van der Waals surface area contributed by atoms with Crippen molar-refractivity contribution in [2.75, 3.05) is 36.1 Å². The van der Waals surface area contributed by atoms with Crippen LogP contribution in [0, 0.1) is 0 Å². The summed E-state index contributed by atoms with van der Waals surface area (Å²) in [5.74, 6) is 1.80. The number of nitrogen functional groups attached to an aromatic ring is 1. The third-order valence-electron chi connectivity index (χ3n) is 3.08. The molecule has 1 aromatic rings. The van der Waals surface area contributed by atoms with Crippen molar-refractivity contribution in [3.8, 4) is 0 Å². The first-order valence-electron chi connectivity index (χ1n) is 7.02. The van der Waals surface area contributed by atoms with Gasteiger partial charge < -0.3 is 21.1 Å². The minimum absolute atomic E-state index is 0.275. The maximum Gasteiger partial charge on any atom is 0.223 e. The molecule has 1 aromatic heterocycles. The number of rotatable bonds is 6. The summed E-state index contributed by atoms with van der Waals surface area (Å²) in [7, 11) is 0. The first kappa shape index (κ1) is 13.9. The number of nitrogens with zero attached hydrogens (tertiary/aromatic N) is 2. The predicted molar refractivity (Wildman–Crippen MR) is 77.3 cm³/mol. The van der Waals surface area contributed by atoms with Crippen molar-refractivity contribution in [2.24, 2.45) is 0 Å². The summed E-state index contributed by atoms with van der Waals surface area (Å²) in [5, 5.41) is 6.49. The zero-order valence-electron chi connectivity index (χ0n) is 11.5. The molecule has 2 heterocycles. The summed E-state index contributed by atoms with van der Waals surface area (Å²) >= 11 is 0. The normalized spacial score (nSPS) is 19.1. The van der Waals surface area contributed by atoms with Gasteiger partial charge in [-0.2, -0.15) is 9.97 Å². The molecule has 4 N–H and O–H groups in total. The zero-order chi connectivity index (χ0) is 13.5. The van der Waals surface area contributed by atoms with Crippen molar-refractivity contribution in [3.05, 3.63) is 6.07 Å². The van der Waals surface area contributed by atoms with Gasteiger partial charge in [-0.3, -0.25) is 0 Å². The fourth-order valence-electron chi connectivity index (χ4n) is 2.09. The van der Waals surface area contributed by atoms with E-state index in [1.165, 1.54) is 12.8 Å². The number of aromatic nitrogens is 2. The minimum Gasteiger partial charge on any atom is -0.376 e. The van der Waals surface area contributed by atoms with Crippen LogP contribution in [-0.4, -0.2) is 35.8 Å². The van der Waals surface area contributed by atoms with E-state index in [1.54, 1.807) is 0 Å². The number of nitrogens with two attached hydrogens (primary N) is 1. The van der Waals surface area contributed by atoms with E-state index >= 15 is 0 Å². The molecule has 0 aliphatic carbocycles. The van der Waals surface area contributed by atoms with Gasteiger partial charge in [-0.05, 0) is 25.7 Å². The second-order valence-electron chi connectivity index (χ2n) is 4.79. The molecule has 1 unspecified atom stereocenters. The molecule has 1 aliphatic heterocycles. The molecule has 0 saturated carbocycles. The van der Waals surface area contributed by atoms with Crippen LogP contribution < -0.4 is 16.4 Å². The molecule has 6 nitrogen and oxygen atoms in total. The zero-order valence-corrected chi connectivity index (χ0v) is 11.5. The number of hydrogen-bond acceptors (Lipinski definition) is 6. The topological polar surface area (TPSA) is 85.1 Å². The first-order valence-corrected chi connectivity index (χ1v) is 7.02. The second kappa shape index (κ2) is 7.13. The van der Waals surface area contributed by atoms with Crippen molar-refractivity contribution < 1.29 is 4.74 Å². The molecule has 0 spiro atoms. The number of nitrogens with one attached hydrogen (secondary N) is 2. The highest BCUT2D eigenvalue weighted by Gasteiger charge is 2.13. The molecule has 1 atom stereocenters. The molecular formula is C13H23N5O. The van der Waals surface area contributed by atoms with Gasteiger partial charge in [0.25, 0.3) is 0 Å². The SMILES string of the molecule is CCCNc1cc(NCC2CCCCO2)nc(N)n1. The lowest BCUT2D eigenvalue weighted by Gasteiger charge is -2.23. The van der Waals surface area contributed by atoms with Gasteiger partial charge in [0.1, 0.15) is 11.6 Å². The summed E-state index contributed by atoms with van der Waals surface area (Å²) in [6.45, 7) is 4.62. The van der Waals surface area contributed by atoms with Crippen LogP contribution in [0.4, 0.5) is 17.6 Å². The molecule has 1 saturated heterocycles. The van der Waals surface area contributed by atoms with E-state index in [0.29, 0.717) is 0 Å². The third kappa shape index (κ3) is 4.55. The maximum absolute atomic E-state index is 5.71. The fourth-order valence-corrected chi connectivity index (χ4v) is 2.09. The van der Waals surface area contributed by atoms with Gasteiger partial charge in [-0.1, -0.05) is 6.92 Å². The molecule has 19 heavy (non-hydrogen) atoms. The Morgan fingerprint density at radius 1 is 1.32 bits per heavy atom. The van der Waals surface area contributed by atoms with Crippen LogP contribution in [0.3, 0.4) is 0 Å². The standard InChI is InChI=1S/C13H23N5O/c1-2-6-15-11-8-12(18-13(14)17-11)16-9-10-5-3-4-7-19-10/h8,10H,2-7,9H2,1H3,(H4,14,15,16,17,18). The lowest BCUT2D eigenvalue weighted by atomic mass is 10.1. The Labute approximate surface area is 114 Å². The smallest absolute Gasteiger partial charge is 0.223 e. The van der Waals surface area contributed by atoms with Crippen LogP contribution in [0.15, 0.2) is 6.07 Å². The number of hydrogen-bond donors (Lipinski definition) is 3. The quantitative estimate of drug-likeness (QED) is 0.728. The van der Waals surface area contributed by atoms with Crippen molar-refractivity contribution in [2.45, 2.75) is 38.7 Å². The van der Waals surface area contributed by atoms with Crippen LogP contribution in [-0.2, 0) is 4.74 Å². The Morgan fingerprint density at radius 3 is 2.79 bits per heavy atom. The lowest BCUT2D eigenvalue weighted by molar-refractivity contribution is 0.0247. The third-order valence-corrected chi connectivity index (χ3v) is 3.08. The van der Waals surface area contributed by atoms with E-state index in [2.05, 4.69) is 27.5 Å². The van der Waals surface area contributed by atoms with E-state index in [9.17, 15) is 0 Å². The van der Waals surface area contributed by atoms with Gasteiger partial charge in [0.2, 0.25) is 5.95 Å². The Kier molecular flexibility index (Phi) is 5.20. The summed E-state index contributed by atoms with van der Waals surface area (Å²) in [4.78, 5) is 8.34. The van der Waals surface area contributed by atoms with Crippen molar-refractivity contribution >= 4 is 17.6 Å². The highest BCUT2D eigenvalue weighted by atomic mass is 16.5. The van der Waals surface area contributed by atoms with E-state index in [0.717, 1.165) is 44.2 Å². The van der Waals surface area contributed by atoms with Gasteiger partial charge in [-0.15, -0.1) is 0 Å². The van der Waals surface area contributed by atoms with Crippen molar-refractivity contribution in [3.63, 3.8) is 0 Å². The van der Waals surface area contributed by atoms with Crippen LogP contribution in [0.25, 0.3) is 0 Å². The van der Waals surface area contributed by atoms with E-state index in [-0.39, 0.29) is 12.1 Å². The molecule has 106 valence electrons. The van der Waals surface area contributed by atoms with E-state index in [1.807, 2.05) is 6.07 Å². The van der Waals surface area contributed by atoms with Gasteiger partial charge >= 0.3 is 0 Å². The fraction of sp³-hybridized carbons (Fsp3) is 0.692. The molecule has 1 aliphatic rings. The molecule has 2 rings (SSSR count). The number of anilines is 3. The highest BCUT2D eigenvalue weighted by Crippen LogP contribution is 2.16. The average Bonchev–Trinajstić information content (AvgIpc) is 2.43. The van der Waals surface area contributed by atoms with E-state index in [4.69, 9.17) is 10.5 Å². The Balaban J connectivity index is 1.89. The maximum atomic E-state index is 5.71. The predicted octanol–water partition coefficient (Wildman–Crippen LogP) is 1.86.